The number of carbonyl (C=O) groups excluding carboxylic acids is 1. The third-order valence-electron chi connectivity index (χ3n) is 12.7. The molecule has 2 aliphatic carbocycles. The van der Waals surface area contributed by atoms with E-state index >= 15 is 0 Å². The van der Waals surface area contributed by atoms with E-state index in [2.05, 4.69) is 33.6 Å². The van der Waals surface area contributed by atoms with Crippen LogP contribution in [0.15, 0.2) is 36.4 Å². The molecule has 0 unspecified atom stereocenters. The van der Waals surface area contributed by atoms with Crippen molar-refractivity contribution >= 4 is 33.2 Å². The molecule has 1 spiro atoms. The van der Waals surface area contributed by atoms with Gasteiger partial charge in [-0.05, 0) is 124 Å². The van der Waals surface area contributed by atoms with E-state index in [0.717, 1.165) is 94.4 Å². The first-order valence-electron chi connectivity index (χ1n) is 18.2. The van der Waals surface area contributed by atoms with Gasteiger partial charge in [0.2, 0.25) is 10.0 Å². The van der Waals surface area contributed by atoms with Crippen LogP contribution in [0.25, 0.3) is 0 Å². The van der Waals surface area contributed by atoms with Crippen molar-refractivity contribution in [3.63, 3.8) is 0 Å². The fraction of sp³-hybridized carbons (Fsp3) is 0.658. The molecule has 3 aliphatic heterocycles. The van der Waals surface area contributed by atoms with Crippen molar-refractivity contribution in [2.24, 2.45) is 23.7 Å². The molecule has 2 bridgehead atoms. The molecule has 262 valence electrons. The first-order chi connectivity index (χ1) is 23.0. The van der Waals surface area contributed by atoms with Gasteiger partial charge in [0.25, 0.3) is 5.91 Å². The number of morpholine rings is 1. The molecule has 1 saturated heterocycles. The fourth-order valence-electron chi connectivity index (χ4n) is 9.49. The summed E-state index contributed by atoms with van der Waals surface area (Å²) in [6, 6.07) is 12.2. The lowest BCUT2D eigenvalue weighted by Crippen LogP contribution is -2.52. The predicted octanol–water partition coefficient (Wildman–Crippen LogP) is 6.44. The number of anilines is 1. The summed E-state index contributed by atoms with van der Waals surface area (Å²) in [5.41, 5.74) is 3.62. The predicted molar refractivity (Wildman–Crippen MR) is 191 cm³/mol. The molecule has 5 aliphatic rings. The molecule has 1 N–H and O–H groups in total. The van der Waals surface area contributed by atoms with E-state index in [0.29, 0.717) is 36.0 Å². The number of hydrogen-bond donors (Lipinski definition) is 1. The smallest absolute Gasteiger partial charge is 0.264 e. The molecule has 0 radical (unpaired) electrons. The summed E-state index contributed by atoms with van der Waals surface area (Å²) in [5, 5.41) is 0.0852. The van der Waals surface area contributed by atoms with Crippen molar-refractivity contribution in [3.05, 3.63) is 58.1 Å². The highest BCUT2D eigenvalue weighted by molar-refractivity contribution is 7.90. The summed E-state index contributed by atoms with van der Waals surface area (Å²) in [6.07, 6.45) is 8.35. The zero-order valence-corrected chi connectivity index (χ0v) is 30.3. The van der Waals surface area contributed by atoms with E-state index in [-0.39, 0.29) is 11.3 Å². The molecule has 2 aromatic carbocycles. The van der Waals surface area contributed by atoms with Crippen LogP contribution in [0.1, 0.15) is 87.2 Å². The Labute approximate surface area is 291 Å². The van der Waals surface area contributed by atoms with Gasteiger partial charge in [-0.3, -0.25) is 9.69 Å². The van der Waals surface area contributed by atoms with Gasteiger partial charge in [-0.2, -0.15) is 0 Å². The quantitative estimate of drug-likeness (QED) is 0.386. The summed E-state index contributed by atoms with van der Waals surface area (Å²) in [6.45, 7) is 11.9. The summed E-state index contributed by atoms with van der Waals surface area (Å²) in [5.74, 6) is 1.73. The maximum absolute atomic E-state index is 13.6. The van der Waals surface area contributed by atoms with E-state index in [1.54, 1.807) is 13.0 Å². The van der Waals surface area contributed by atoms with Crippen LogP contribution in [-0.4, -0.2) is 76.5 Å². The number of fused-ring (bicyclic) bond motifs is 4. The average molecular weight is 698 g/mol. The van der Waals surface area contributed by atoms with Crippen LogP contribution < -0.4 is 14.4 Å². The minimum Gasteiger partial charge on any atom is -0.490 e. The number of benzene rings is 2. The third kappa shape index (κ3) is 6.61. The molecular weight excluding hydrogens is 646 g/mol. The van der Waals surface area contributed by atoms with E-state index < -0.39 is 21.2 Å². The zero-order chi connectivity index (χ0) is 33.6. The number of halogens is 1. The number of amides is 1. The minimum absolute atomic E-state index is 0.0693. The number of aryl methyl sites for hydroxylation is 1. The maximum atomic E-state index is 13.6. The van der Waals surface area contributed by atoms with Crippen LogP contribution in [0.3, 0.4) is 0 Å². The van der Waals surface area contributed by atoms with Crippen molar-refractivity contribution in [2.75, 3.05) is 50.9 Å². The van der Waals surface area contributed by atoms with Crippen LogP contribution in [0.4, 0.5) is 5.69 Å². The van der Waals surface area contributed by atoms with Gasteiger partial charge in [0.15, 0.2) is 0 Å². The molecule has 10 heteroatoms. The number of carbonyl (C=O) groups is 1. The summed E-state index contributed by atoms with van der Waals surface area (Å²) < 4.78 is 41.8. The lowest BCUT2D eigenvalue weighted by atomic mass is 9.63. The van der Waals surface area contributed by atoms with Gasteiger partial charge < -0.3 is 14.4 Å². The molecule has 2 fully saturated rings. The summed E-state index contributed by atoms with van der Waals surface area (Å²) in [7, 11) is -3.87. The van der Waals surface area contributed by atoms with Crippen LogP contribution in [0.5, 0.6) is 5.75 Å². The standard InChI is InChI=1S/C38H52ClN3O5S/c1-25-6-4-8-32(26(2)41-16-18-46-19-17-41)33-12-9-30(33)22-42-23-38(15-5-7-28-20-31(39)11-13-34(28)38)24-47-36-14-10-29(21-35(36)42)37(43)40-48(44,45)27(25)3/h10-11,13-14,20-21,25-27,30,32-33H,4-9,12,15-19,22-24H2,1-3H3,(H,40,43)/t25-,26-,27+,30-,32+,33+,38-/m0/s1. The van der Waals surface area contributed by atoms with E-state index in [1.807, 2.05) is 25.1 Å². The van der Waals surface area contributed by atoms with Gasteiger partial charge in [0.05, 0.1) is 30.8 Å². The number of rotatable bonds is 2. The van der Waals surface area contributed by atoms with Crippen molar-refractivity contribution in [1.29, 1.82) is 0 Å². The maximum Gasteiger partial charge on any atom is 0.264 e. The van der Waals surface area contributed by atoms with Crippen LogP contribution in [0.2, 0.25) is 5.02 Å². The molecule has 1 saturated carbocycles. The second kappa shape index (κ2) is 13.8. The first-order valence-corrected chi connectivity index (χ1v) is 20.2. The number of sulfonamides is 1. The topological polar surface area (TPSA) is 88.2 Å². The molecular formula is C38H52ClN3O5S. The van der Waals surface area contributed by atoms with Gasteiger partial charge in [0.1, 0.15) is 5.75 Å². The van der Waals surface area contributed by atoms with E-state index in [4.69, 9.17) is 21.1 Å². The van der Waals surface area contributed by atoms with Crippen LogP contribution >= 0.6 is 11.6 Å². The Balaban J connectivity index is 1.28. The number of nitrogens with zero attached hydrogens (tertiary/aromatic N) is 2. The number of ether oxygens (including phenoxy) is 2. The first kappa shape index (κ1) is 34.1. The third-order valence-corrected chi connectivity index (χ3v) is 14.9. The van der Waals surface area contributed by atoms with Crippen molar-refractivity contribution in [3.8, 4) is 5.75 Å². The molecule has 2 aromatic rings. The number of nitrogens with one attached hydrogen (secondary N) is 1. The zero-order valence-electron chi connectivity index (χ0n) is 28.8. The van der Waals surface area contributed by atoms with Crippen molar-refractivity contribution in [1.82, 2.24) is 9.62 Å². The highest BCUT2D eigenvalue weighted by Gasteiger charge is 2.46. The molecule has 0 aromatic heterocycles. The van der Waals surface area contributed by atoms with Gasteiger partial charge >= 0.3 is 0 Å². The van der Waals surface area contributed by atoms with Crippen LogP contribution in [0, 0.1) is 23.7 Å². The Kier molecular flexibility index (Phi) is 9.79. The molecule has 7 rings (SSSR count). The largest absolute Gasteiger partial charge is 0.490 e. The van der Waals surface area contributed by atoms with Gasteiger partial charge in [-0.25, -0.2) is 13.1 Å². The highest BCUT2D eigenvalue weighted by atomic mass is 35.5. The summed E-state index contributed by atoms with van der Waals surface area (Å²) in [4.78, 5) is 18.7. The molecule has 8 nitrogen and oxygen atoms in total. The Hall–Kier alpha value is -2.33. The average Bonchev–Trinajstić information content (AvgIpc) is 3.21. The van der Waals surface area contributed by atoms with Crippen LogP contribution in [-0.2, 0) is 26.6 Å². The van der Waals surface area contributed by atoms with Gasteiger partial charge in [-0.15, -0.1) is 0 Å². The minimum atomic E-state index is -3.87. The summed E-state index contributed by atoms with van der Waals surface area (Å²) >= 11 is 6.48. The van der Waals surface area contributed by atoms with Crippen molar-refractivity contribution in [2.45, 2.75) is 88.8 Å². The molecule has 48 heavy (non-hydrogen) atoms. The Morgan fingerprint density at radius 1 is 1.02 bits per heavy atom. The van der Waals surface area contributed by atoms with Crippen molar-refractivity contribution < 1.29 is 22.7 Å². The lowest BCUT2D eigenvalue weighted by Gasteiger charge is -2.50. The Morgan fingerprint density at radius 2 is 1.83 bits per heavy atom. The monoisotopic (exact) mass is 697 g/mol. The normalized spacial score (nSPS) is 33.3. The molecule has 7 atom stereocenters. The fourth-order valence-corrected chi connectivity index (χ4v) is 11.0. The van der Waals surface area contributed by atoms with E-state index in [9.17, 15) is 13.2 Å². The lowest BCUT2D eigenvalue weighted by molar-refractivity contribution is -0.0220. The number of hydrogen-bond acceptors (Lipinski definition) is 7. The second-order valence-corrected chi connectivity index (χ2v) is 17.9. The SMILES string of the molecule is C[C@@H]1[C@@H](C)CCC[C@H]([C@H](C)N2CCOCC2)[C@@H]2CC[C@H]2CN2C[C@@]3(CCCc4cc(Cl)ccc43)COc3ccc(cc32)C(=O)NS1(=O)=O. The van der Waals surface area contributed by atoms with Gasteiger partial charge in [-0.1, -0.05) is 31.0 Å². The molecule has 1 amide bonds. The van der Waals surface area contributed by atoms with Gasteiger partial charge in [0, 0.05) is 48.2 Å². The Morgan fingerprint density at radius 3 is 2.60 bits per heavy atom. The Bertz CT molecular complexity index is 1610. The second-order valence-electron chi connectivity index (χ2n) is 15.4. The van der Waals surface area contributed by atoms with E-state index in [1.165, 1.54) is 24.0 Å². The molecule has 3 heterocycles. The highest BCUT2D eigenvalue weighted by Crippen LogP contribution is 2.49.